The third-order valence-corrected chi connectivity index (χ3v) is 5.43. The van der Waals surface area contributed by atoms with Crippen LogP contribution in [0.3, 0.4) is 0 Å². The van der Waals surface area contributed by atoms with Crippen molar-refractivity contribution in [1.29, 1.82) is 0 Å². The summed E-state index contributed by atoms with van der Waals surface area (Å²) in [6.45, 7) is 1.10. The highest BCUT2D eigenvalue weighted by Gasteiger charge is 2.30. The predicted octanol–water partition coefficient (Wildman–Crippen LogP) is 3.04. The van der Waals surface area contributed by atoms with Crippen LogP contribution in [0, 0.1) is 5.92 Å². The molecule has 0 atom stereocenters. The van der Waals surface area contributed by atoms with Gasteiger partial charge < -0.3 is 19.1 Å². The van der Waals surface area contributed by atoms with Gasteiger partial charge in [0.15, 0.2) is 22.4 Å². The molecule has 2 N–H and O–H groups in total. The molecule has 1 fully saturated rings. The number of nitrogens with zero attached hydrogens (tertiary/aromatic N) is 2. The van der Waals surface area contributed by atoms with Crippen LogP contribution >= 0.6 is 11.3 Å². The molecule has 9 nitrogen and oxygen atoms in total. The van der Waals surface area contributed by atoms with E-state index < -0.39 is 5.91 Å². The topological polar surface area (TPSA) is 123 Å². The molecule has 146 valence electrons. The second-order valence-corrected chi connectivity index (χ2v) is 7.25. The molecule has 4 rings (SSSR count). The number of hydrogen-bond donors (Lipinski definition) is 2. The summed E-state index contributed by atoms with van der Waals surface area (Å²) in [5.74, 6) is -0.202. The van der Waals surface area contributed by atoms with Crippen molar-refractivity contribution in [1.82, 2.24) is 4.98 Å². The Balaban J connectivity index is 1.59. The van der Waals surface area contributed by atoms with E-state index in [0.29, 0.717) is 42.4 Å². The number of oxime groups is 1. The second kappa shape index (κ2) is 7.95. The molecule has 2 aromatic heterocycles. The summed E-state index contributed by atoms with van der Waals surface area (Å²) < 4.78 is 15.9. The average molecular weight is 403 g/mol. The van der Waals surface area contributed by atoms with Gasteiger partial charge in [-0.15, -0.1) is 0 Å². The zero-order valence-corrected chi connectivity index (χ0v) is 15.5. The van der Waals surface area contributed by atoms with Gasteiger partial charge in [-0.25, -0.2) is 4.98 Å². The number of nitrogens with one attached hydrogen (secondary N) is 1. The van der Waals surface area contributed by atoms with Gasteiger partial charge in [0.25, 0.3) is 5.91 Å². The van der Waals surface area contributed by atoms with Gasteiger partial charge in [0.05, 0.1) is 6.26 Å². The van der Waals surface area contributed by atoms with Crippen LogP contribution in [0.15, 0.2) is 39.8 Å². The maximum Gasteiger partial charge on any atom is 0.292 e. The maximum absolute atomic E-state index is 13.0. The number of rotatable bonds is 5. The molecule has 0 bridgehead atoms. The standard InChI is InChI=1S/C18H17N3O6S/c22-15(10-5-8-25-9-6-10)16-14(11-2-1-7-26-11)19-18(28-16)20-17(23)12-3-4-13(21-24)27-12/h1-3,7,10,24H,4-6,8-9H2,(H,19,20,23). The van der Waals surface area contributed by atoms with Gasteiger partial charge in [-0.05, 0) is 31.1 Å². The monoisotopic (exact) mass is 403 g/mol. The molecule has 10 heteroatoms. The van der Waals surface area contributed by atoms with Crippen molar-refractivity contribution in [2.45, 2.75) is 19.3 Å². The SMILES string of the molecule is O=C(Nc1nc(-c2ccco2)c(C(=O)C2CCOCC2)s1)C1=CCC(=NO)O1. The van der Waals surface area contributed by atoms with Crippen LogP contribution in [0.2, 0.25) is 0 Å². The molecule has 1 saturated heterocycles. The van der Waals surface area contributed by atoms with E-state index in [4.69, 9.17) is 19.1 Å². The number of anilines is 1. The minimum absolute atomic E-state index is 0.0138. The Morgan fingerprint density at radius 3 is 2.82 bits per heavy atom. The summed E-state index contributed by atoms with van der Waals surface area (Å²) in [6.07, 6.45) is 4.53. The fourth-order valence-electron chi connectivity index (χ4n) is 3.02. The number of aromatic nitrogens is 1. The lowest BCUT2D eigenvalue weighted by Crippen LogP contribution is -2.23. The second-order valence-electron chi connectivity index (χ2n) is 6.25. The number of ether oxygens (including phenoxy) is 2. The third kappa shape index (κ3) is 3.69. The molecule has 1 amide bonds. The van der Waals surface area contributed by atoms with Crippen molar-refractivity contribution < 1.29 is 28.7 Å². The Morgan fingerprint density at radius 1 is 1.32 bits per heavy atom. The van der Waals surface area contributed by atoms with Gasteiger partial charge in [0.1, 0.15) is 10.6 Å². The molecule has 0 radical (unpaired) electrons. The summed E-state index contributed by atoms with van der Waals surface area (Å²) >= 11 is 1.10. The Labute approximate surface area is 163 Å². The molecule has 0 unspecified atom stereocenters. The first-order valence-corrected chi connectivity index (χ1v) is 9.54. The predicted molar refractivity (Wildman–Crippen MR) is 99.3 cm³/mol. The number of amides is 1. The van der Waals surface area contributed by atoms with Gasteiger partial charge in [0.2, 0.25) is 5.90 Å². The van der Waals surface area contributed by atoms with Crippen molar-refractivity contribution >= 4 is 34.1 Å². The number of thiazole rings is 1. The van der Waals surface area contributed by atoms with Gasteiger partial charge in [-0.2, -0.15) is 0 Å². The molecule has 0 spiro atoms. The van der Waals surface area contributed by atoms with Gasteiger partial charge in [-0.3, -0.25) is 14.9 Å². The van der Waals surface area contributed by atoms with Crippen molar-refractivity contribution in [3.8, 4) is 11.5 Å². The van der Waals surface area contributed by atoms with Crippen LogP contribution in [0.1, 0.15) is 28.9 Å². The smallest absolute Gasteiger partial charge is 0.292 e. The zero-order chi connectivity index (χ0) is 19.5. The highest BCUT2D eigenvalue weighted by molar-refractivity contribution is 7.18. The first kappa shape index (κ1) is 18.4. The van der Waals surface area contributed by atoms with Crippen LogP contribution in [-0.4, -0.2) is 41.0 Å². The van der Waals surface area contributed by atoms with E-state index in [-0.39, 0.29) is 34.9 Å². The molecule has 0 aliphatic carbocycles. The molecule has 2 aliphatic heterocycles. The molecular weight excluding hydrogens is 386 g/mol. The normalized spacial score (nSPS) is 18.7. The Morgan fingerprint density at radius 2 is 2.14 bits per heavy atom. The van der Waals surface area contributed by atoms with Crippen LogP contribution in [0.5, 0.6) is 0 Å². The summed E-state index contributed by atoms with van der Waals surface area (Å²) in [5, 5.41) is 14.5. The van der Waals surface area contributed by atoms with E-state index in [2.05, 4.69) is 15.5 Å². The quantitative estimate of drug-likeness (QED) is 0.447. The fraction of sp³-hybridized carbons (Fsp3) is 0.333. The first-order chi connectivity index (χ1) is 13.7. The fourth-order valence-corrected chi connectivity index (χ4v) is 4.00. The van der Waals surface area contributed by atoms with Crippen LogP contribution < -0.4 is 5.32 Å². The number of ketones is 1. The van der Waals surface area contributed by atoms with Crippen molar-refractivity contribution in [3.05, 3.63) is 35.1 Å². The lowest BCUT2D eigenvalue weighted by molar-refractivity contribution is -0.114. The lowest BCUT2D eigenvalue weighted by Gasteiger charge is -2.20. The maximum atomic E-state index is 13.0. The van der Waals surface area contributed by atoms with Gasteiger partial charge in [-0.1, -0.05) is 16.5 Å². The number of furan rings is 1. The molecule has 0 aromatic carbocycles. The Bertz CT molecular complexity index is 941. The van der Waals surface area contributed by atoms with E-state index in [1.165, 1.54) is 12.3 Å². The highest BCUT2D eigenvalue weighted by atomic mass is 32.1. The molecule has 4 heterocycles. The van der Waals surface area contributed by atoms with Crippen LogP contribution in [0.4, 0.5) is 5.13 Å². The van der Waals surface area contributed by atoms with Crippen molar-refractivity contribution in [2.75, 3.05) is 18.5 Å². The van der Waals surface area contributed by atoms with Crippen LogP contribution in [0.25, 0.3) is 11.5 Å². The average Bonchev–Trinajstić information content (AvgIpc) is 3.47. The van der Waals surface area contributed by atoms with E-state index in [1.807, 2.05) is 0 Å². The number of Topliss-reactive ketones (excluding diaryl/α,β-unsaturated/α-hetero) is 1. The zero-order valence-electron chi connectivity index (χ0n) is 14.7. The number of carbonyl (C=O) groups is 2. The lowest BCUT2D eigenvalue weighted by atomic mass is 9.94. The Kier molecular flexibility index (Phi) is 5.22. The number of carbonyl (C=O) groups excluding carboxylic acids is 2. The molecule has 2 aromatic rings. The van der Waals surface area contributed by atoms with Gasteiger partial charge >= 0.3 is 0 Å². The summed E-state index contributed by atoms with van der Waals surface area (Å²) in [6, 6.07) is 3.43. The van der Waals surface area contributed by atoms with E-state index in [1.54, 1.807) is 12.1 Å². The summed E-state index contributed by atoms with van der Waals surface area (Å²) in [5.41, 5.74) is 0.403. The van der Waals surface area contributed by atoms with Crippen LogP contribution in [-0.2, 0) is 14.3 Å². The first-order valence-electron chi connectivity index (χ1n) is 8.72. The largest absolute Gasteiger partial charge is 0.463 e. The molecular formula is C18H17N3O6S. The summed E-state index contributed by atoms with van der Waals surface area (Å²) in [4.78, 5) is 30.2. The van der Waals surface area contributed by atoms with Crippen molar-refractivity contribution in [2.24, 2.45) is 11.1 Å². The molecule has 0 saturated carbocycles. The highest BCUT2D eigenvalue weighted by Crippen LogP contribution is 2.35. The van der Waals surface area contributed by atoms with E-state index in [0.717, 1.165) is 11.3 Å². The third-order valence-electron chi connectivity index (χ3n) is 4.44. The summed E-state index contributed by atoms with van der Waals surface area (Å²) in [7, 11) is 0. The minimum atomic E-state index is -0.538. The number of hydrogen-bond acceptors (Lipinski definition) is 9. The van der Waals surface area contributed by atoms with Crippen molar-refractivity contribution in [3.63, 3.8) is 0 Å². The molecule has 2 aliphatic rings. The minimum Gasteiger partial charge on any atom is -0.463 e. The van der Waals surface area contributed by atoms with Gasteiger partial charge in [0, 0.05) is 25.6 Å². The molecule has 28 heavy (non-hydrogen) atoms. The van der Waals surface area contributed by atoms with E-state index >= 15 is 0 Å². The Hall–Kier alpha value is -2.98. The van der Waals surface area contributed by atoms with E-state index in [9.17, 15) is 9.59 Å².